The highest BCUT2D eigenvalue weighted by Crippen LogP contribution is 2.43. The summed E-state index contributed by atoms with van der Waals surface area (Å²) in [6.07, 6.45) is 10.7. The molecule has 1 saturated carbocycles. The van der Waals surface area contributed by atoms with Crippen molar-refractivity contribution in [2.24, 2.45) is 5.92 Å². The maximum Gasteiger partial charge on any atom is 0.324 e. The number of carbonyl (C=O) groups excluding carboxylic acids is 1. The number of thiophene rings is 1. The second-order valence-electron chi connectivity index (χ2n) is 11.5. The van der Waals surface area contributed by atoms with Crippen LogP contribution in [0.3, 0.4) is 0 Å². The highest BCUT2D eigenvalue weighted by atomic mass is 32.1. The van der Waals surface area contributed by atoms with Crippen molar-refractivity contribution >= 4 is 22.2 Å². The Morgan fingerprint density at radius 2 is 1.81 bits per heavy atom. The van der Waals surface area contributed by atoms with Gasteiger partial charge < -0.3 is 9.88 Å². The van der Waals surface area contributed by atoms with Crippen molar-refractivity contribution in [3.63, 3.8) is 0 Å². The van der Waals surface area contributed by atoms with Crippen LogP contribution in [-0.4, -0.2) is 49.1 Å². The van der Waals surface area contributed by atoms with E-state index in [0.29, 0.717) is 24.0 Å². The van der Waals surface area contributed by atoms with Crippen LogP contribution in [0.25, 0.3) is 0 Å². The van der Waals surface area contributed by atoms with Gasteiger partial charge in [0.15, 0.2) is 0 Å². The van der Waals surface area contributed by atoms with E-state index in [1.54, 1.807) is 6.07 Å². The minimum atomic E-state index is -0.336. The first-order chi connectivity index (χ1) is 17.8. The fraction of sp³-hybridized carbons (Fsp3) is 0.741. The van der Waals surface area contributed by atoms with Gasteiger partial charge in [-0.2, -0.15) is 0 Å². The molecule has 37 heavy (non-hydrogen) atoms. The number of nitrogens with one attached hydrogen (secondary N) is 1. The number of fused-ring (bicyclic) bond motifs is 2. The van der Waals surface area contributed by atoms with Crippen LogP contribution < -0.4 is 5.32 Å². The smallest absolute Gasteiger partial charge is 0.324 e. The molecule has 2 aliphatic heterocycles. The summed E-state index contributed by atoms with van der Waals surface area (Å²) in [6, 6.07) is 4.68. The molecule has 1 amide bonds. The van der Waals surface area contributed by atoms with E-state index in [9.17, 15) is 14.9 Å². The number of aryl methyl sites for hydroxylation is 1. The standard InChI is InChI=1S/C27H40N6O3S/c1-17(2)26-30-29-18(3)32(26)22-15-20-9-10-21(16-22)31(20)14-13-23(24-11-12-25(37-24)33(35)36)28-27(34)19-7-5-4-6-8-19/h11-12,17,19-23H,4-10,13-16H2,1-3H3,(H,28,34)/t20-,21+,22-,23-/m0/s1. The molecule has 2 saturated heterocycles. The zero-order valence-corrected chi connectivity index (χ0v) is 23.1. The fourth-order valence-corrected chi connectivity index (χ4v) is 7.80. The SMILES string of the molecule is Cc1nnc(C(C)C)n1[C@@H]1C[C@H]2CC[C@@H](C1)N2CC[C@H](NC(=O)C1CCCCC1)c1ccc([N+](=O)[O-])s1. The van der Waals surface area contributed by atoms with Crippen LogP contribution >= 0.6 is 11.3 Å². The number of piperidine rings is 1. The Morgan fingerprint density at radius 1 is 1.11 bits per heavy atom. The van der Waals surface area contributed by atoms with E-state index in [4.69, 9.17) is 0 Å². The normalized spacial score (nSPS) is 25.5. The lowest BCUT2D eigenvalue weighted by molar-refractivity contribution is -0.380. The zero-order valence-electron chi connectivity index (χ0n) is 22.3. The van der Waals surface area contributed by atoms with E-state index in [1.807, 2.05) is 6.07 Å². The van der Waals surface area contributed by atoms with E-state index >= 15 is 0 Å². The van der Waals surface area contributed by atoms with Crippen LogP contribution in [0.15, 0.2) is 12.1 Å². The van der Waals surface area contributed by atoms with Crippen molar-refractivity contribution in [3.05, 3.63) is 38.8 Å². The first-order valence-corrected chi connectivity index (χ1v) is 14.8. The average molecular weight is 529 g/mol. The number of nitrogens with zero attached hydrogens (tertiary/aromatic N) is 5. The van der Waals surface area contributed by atoms with Crippen LogP contribution in [0, 0.1) is 23.0 Å². The van der Waals surface area contributed by atoms with Crippen LogP contribution in [-0.2, 0) is 4.79 Å². The van der Waals surface area contributed by atoms with Gasteiger partial charge in [0, 0.05) is 47.4 Å². The Labute approximate surface area is 223 Å². The van der Waals surface area contributed by atoms with Gasteiger partial charge in [-0.3, -0.25) is 19.8 Å². The van der Waals surface area contributed by atoms with Gasteiger partial charge in [-0.1, -0.05) is 44.4 Å². The molecule has 3 fully saturated rings. The highest BCUT2D eigenvalue weighted by Gasteiger charge is 2.42. The summed E-state index contributed by atoms with van der Waals surface area (Å²) in [5.74, 6) is 2.62. The molecule has 0 unspecified atom stereocenters. The molecule has 1 aliphatic carbocycles. The van der Waals surface area contributed by atoms with Crippen molar-refractivity contribution in [2.45, 2.75) is 115 Å². The van der Waals surface area contributed by atoms with E-state index in [2.05, 4.69) is 45.8 Å². The number of hydrogen-bond acceptors (Lipinski definition) is 7. The quantitative estimate of drug-likeness (QED) is 0.332. The average Bonchev–Trinajstić information content (AvgIpc) is 3.58. The first kappa shape index (κ1) is 26.3. The van der Waals surface area contributed by atoms with Gasteiger partial charge in [0.25, 0.3) is 0 Å². The van der Waals surface area contributed by atoms with Gasteiger partial charge >= 0.3 is 5.00 Å². The molecule has 10 heteroatoms. The first-order valence-electron chi connectivity index (χ1n) is 14.0. The Morgan fingerprint density at radius 3 is 2.43 bits per heavy atom. The predicted octanol–water partition coefficient (Wildman–Crippen LogP) is 5.68. The second-order valence-corrected chi connectivity index (χ2v) is 12.6. The van der Waals surface area contributed by atoms with Gasteiger partial charge in [0.1, 0.15) is 11.6 Å². The van der Waals surface area contributed by atoms with Crippen molar-refractivity contribution in [1.29, 1.82) is 0 Å². The molecule has 0 spiro atoms. The number of aromatic nitrogens is 3. The molecule has 5 rings (SSSR count). The molecule has 0 aromatic carbocycles. The van der Waals surface area contributed by atoms with Crippen molar-refractivity contribution in [2.75, 3.05) is 6.54 Å². The van der Waals surface area contributed by atoms with Gasteiger partial charge in [0.2, 0.25) is 5.91 Å². The summed E-state index contributed by atoms with van der Waals surface area (Å²) in [7, 11) is 0. The van der Waals surface area contributed by atoms with E-state index < -0.39 is 0 Å². The monoisotopic (exact) mass is 528 g/mol. The summed E-state index contributed by atoms with van der Waals surface area (Å²) in [4.78, 5) is 27.7. The molecule has 1 N–H and O–H groups in total. The lowest BCUT2D eigenvalue weighted by Crippen LogP contribution is -2.45. The topological polar surface area (TPSA) is 106 Å². The van der Waals surface area contributed by atoms with E-state index in [1.165, 1.54) is 30.6 Å². The minimum Gasteiger partial charge on any atom is -0.348 e. The number of carbonyl (C=O) groups is 1. The molecule has 3 aliphatic rings. The number of nitro groups is 1. The van der Waals surface area contributed by atoms with Crippen molar-refractivity contribution in [1.82, 2.24) is 25.0 Å². The third kappa shape index (κ3) is 5.60. The van der Waals surface area contributed by atoms with Crippen LogP contribution in [0.2, 0.25) is 0 Å². The summed E-state index contributed by atoms with van der Waals surface area (Å²) < 4.78 is 2.38. The van der Waals surface area contributed by atoms with Crippen molar-refractivity contribution in [3.8, 4) is 0 Å². The Kier molecular flexibility index (Phi) is 7.95. The van der Waals surface area contributed by atoms with E-state index in [0.717, 1.165) is 68.0 Å². The molecule has 4 atom stereocenters. The minimum absolute atomic E-state index is 0.0697. The Bertz CT molecular complexity index is 1090. The molecular formula is C27H40N6O3S. The molecule has 0 radical (unpaired) electrons. The largest absolute Gasteiger partial charge is 0.348 e. The number of hydrogen-bond donors (Lipinski definition) is 1. The third-order valence-electron chi connectivity index (χ3n) is 8.74. The maximum atomic E-state index is 13.1. The third-order valence-corrected chi connectivity index (χ3v) is 9.89. The fourth-order valence-electron chi connectivity index (χ4n) is 6.90. The van der Waals surface area contributed by atoms with Gasteiger partial charge in [-0.15, -0.1) is 10.2 Å². The molecule has 2 aromatic rings. The molecule has 4 heterocycles. The van der Waals surface area contributed by atoms with Gasteiger partial charge in [-0.05, 0) is 57.9 Å². The molecule has 2 aromatic heterocycles. The summed E-state index contributed by atoms with van der Waals surface area (Å²) >= 11 is 1.20. The van der Waals surface area contributed by atoms with Crippen molar-refractivity contribution < 1.29 is 9.72 Å². The number of amides is 1. The van der Waals surface area contributed by atoms with Crippen LogP contribution in [0.5, 0.6) is 0 Å². The lowest BCUT2D eigenvalue weighted by Gasteiger charge is -2.40. The van der Waals surface area contributed by atoms with Crippen LogP contribution in [0.1, 0.15) is 113 Å². The summed E-state index contributed by atoms with van der Waals surface area (Å²) in [5.41, 5.74) is 0. The molecule has 202 valence electrons. The zero-order chi connectivity index (χ0) is 26.1. The Balaban J connectivity index is 1.27. The van der Waals surface area contributed by atoms with Crippen LogP contribution in [0.4, 0.5) is 5.00 Å². The molecule has 2 bridgehead atoms. The summed E-state index contributed by atoms with van der Waals surface area (Å²) in [5, 5.41) is 23.6. The van der Waals surface area contributed by atoms with Gasteiger partial charge in [-0.25, -0.2) is 0 Å². The highest BCUT2D eigenvalue weighted by molar-refractivity contribution is 7.15. The second kappa shape index (κ2) is 11.2. The molecule has 9 nitrogen and oxygen atoms in total. The molecular weight excluding hydrogens is 488 g/mol. The Hall–Kier alpha value is -2.33. The van der Waals surface area contributed by atoms with Gasteiger partial charge in [0.05, 0.1) is 11.0 Å². The summed E-state index contributed by atoms with van der Waals surface area (Å²) in [6.45, 7) is 7.31. The van der Waals surface area contributed by atoms with E-state index in [-0.39, 0.29) is 27.8 Å². The predicted molar refractivity (Wildman–Crippen MR) is 144 cm³/mol. The maximum absolute atomic E-state index is 13.1. The number of rotatable bonds is 9. The lowest BCUT2D eigenvalue weighted by atomic mass is 9.88.